The molecule has 2 N–H and O–H groups in total. The maximum absolute atomic E-state index is 14.6. The first-order valence-corrected chi connectivity index (χ1v) is 11.8. The zero-order valence-electron chi connectivity index (χ0n) is 17.4. The van der Waals surface area contributed by atoms with E-state index < -0.39 is 55.9 Å². The predicted molar refractivity (Wildman–Crippen MR) is 106 cm³/mol. The minimum absolute atomic E-state index is 0.00326. The van der Waals surface area contributed by atoms with Crippen molar-refractivity contribution in [1.29, 1.82) is 0 Å². The summed E-state index contributed by atoms with van der Waals surface area (Å²) in [5.74, 6) is -1.37. The van der Waals surface area contributed by atoms with E-state index in [4.69, 9.17) is 5.73 Å². The molecule has 0 aliphatic heterocycles. The molecule has 0 unspecified atom stereocenters. The fourth-order valence-corrected chi connectivity index (χ4v) is 7.91. The van der Waals surface area contributed by atoms with Crippen LogP contribution in [0.5, 0.6) is 0 Å². The van der Waals surface area contributed by atoms with Crippen molar-refractivity contribution < 1.29 is 43.5 Å². The molecule has 2 aromatic carbocycles. The molecule has 3 atom stereocenters. The number of rotatable bonds is 3. The number of hydrogen-bond acceptors (Lipinski definition) is 3. The van der Waals surface area contributed by atoms with E-state index in [0.29, 0.717) is 12.1 Å². The topological polar surface area (TPSA) is 60.2 Å². The molecule has 2 aliphatic carbocycles. The molecule has 2 aliphatic rings. The lowest BCUT2D eigenvalue weighted by atomic mass is 9.74. The normalized spacial score (nSPS) is 25.7. The van der Waals surface area contributed by atoms with Crippen LogP contribution in [0.2, 0.25) is 0 Å². The molecule has 0 spiro atoms. The van der Waals surface area contributed by atoms with Gasteiger partial charge in [0.2, 0.25) is 0 Å². The minimum Gasteiger partial charge on any atom is -0.327 e. The Hall–Kier alpha value is -2.21. The first-order chi connectivity index (χ1) is 15.6. The van der Waals surface area contributed by atoms with Crippen molar-refractivity contribution in [2.45, 2.75) is 59.4 Å². The number of hydrogen-bond donors (Lipinski definition) is 1. The van der Waals surface area contributed by atoms with Crippen LogP contribution >= 0.6 is 0 Å². The van der Waals surface area contributed by atoms with Crippen molar-refractivity contribution in [1.82, 2.24) is 0 Å². The van der Waals surface area contributed by atoms with Crippen molar-refractivity contribution in [2.24, 2.45) is 11.7 Å². The predicted octanol–water partition coefficient (Wildman–Crippen LogP) is 5.47. The van der Waals surface area contributed by atoms with Gasteiger partial charge in [-0.2, -0.15) is 26.3 Å². The molecule has 0 heterocycles. The number of fused-ring (bicyclic) bond motifs is 3. The Morgan fingerprint density at radius 1 is 0.882 bits per heavy atom. The summed E-state index contributed by atoms with van der Waals surface area (Å²) in [4.78, 5) is -0.254. The van der Waals surface area contributed by atoms with Crippen LogP contribution in [0.15, 0.2) is 47.4 Å². The quantitative estimate of drug-likeness (QED) is 0.438. The van der Waals surface area contributed by atoms with E-state index in [1.165, 1.54) is 0 Å². The van der Waals surface area contributed by atoms with E-state index in [9.17, 15) is 43.5 Å². The third-order valence-electron chi connectivity index (χ3n) is 7.03. The Morgan fingerprint density at radius 3 is 2.03 bits per heavy atom. The fourth-order valence-electron chi connectivity index (χ4n) is 5.42. The van der Waals surface area contributed by atoms with Crippen LogP contribution in [-0.2, 0) is 26.7 Å². The summed E-state index contributed by atoms with van der Waals surface area (Å²) in [6.07, 6.45) is -12.4. The minimum atomic E-state index is -6.29. The van der Waals surface area contributed by atoms with Gasteiger partial charge in [-0.3, -0.25) is 0 Å². The molecular formula is C22H19F8NO2S. The van der Waals surface area contributed by atoms with Crippen LogP contribution in [0.25, 0.3) is 0 Å². The highest BCUT2D eigenvalue weighted by Gasteiger charge is 2.73. The summed E-state index contributed by atoms with van der Waals surface area (Å²) in [5, 5.41) is 0. The van der Waals surface area contributed by atoms with Gasteiger partial charge in [0, 0.05) is 11.6 Å². The van der Waals surface area contributed by atoms with Crippen molar-refractivity contribution in [3.63, 3.8) is 0 Å². The number of aryl methyl sites for hydroxylation is 1. The molecule has 0 bridgehead atoms. The molecule has 0 radical (unpaired) electrons. The molecule has 0 saturated heterocycles. The van der Waals surface area contributed by atoms with Gasteiger partial charge in [0.05, 0.1) is 4.90 Å². The molecule has 1 saturated carbocycles. The summed E-state index contributed by atoms with van der Waals surface area (Å²) >= 11 is 0. The maximum Gasteiger partial charge on any atom is 0.435 e. The Morgan fingerprint density at radius 2 is 1.47 bits per heavy atom. The van der Waals surface area contributed by atoms with Gasteiger partial charge in [-0.15, -0.1) is 0 Å². The molecule has 1 fully saturated rings. The Balaban J connectivity index is 1.94. The summed E-state index contributed by atoms with van der Waals surface area (Å²) in [6.45, 7) is 0. The molecule has 34 heavy (non-hydrogen) atoms. The van der Waals surface area contributed by atoms with Crippen LogP contribution in [-0.4, -0.2) is 26.8 Å². The third kappa shape index (κ3) is 3.28. The zero-order valence-corrected chi connectivity index (χ0v) is 18.2. The lowest BCUT2D eigenvalue weighted by molar-refractivity contribution is -0.348. The number of nitrogens with two attached hydrogens (primary N) is 1. The highest BCUT2D eigenvalue weighted by Crippen LogP contribution is 2.58. The number of alkyl halides is 7. The summed E-state index contributed by atoms with van der Waals surface area (Å²) in [6, 6.07) is 5.00. The molecule has 0 amide bonds. The highest BCUT2D eigenvalue weighted by atomic mass is 32.2. The van der Waals surface area contributed by atoms with Gasteiger partial charge >= 0.3 is 18.0 Å². The summed E-state index contributed by atoms with van der Waals surface area (Å²) in [5.41, 5.74) is -1.25. The Bertz CT molecular complexity index is 1190. The number of benzene rings is 2. The number of sulfone groups is 1. The van der Waals surface area contributed by atoms with Gasteiger partial charge in [-0.05, 0) is 67.0 Å². The van der Waals surface area contributed by atoms with Crippen LogP contribution < -0.4 is 5.73 Å². The standard InChI is InChI=1S/C22H19F8NO2S/c23-14-3-5-15(6-4-14)34(32,33)19-10-9-18(31)17(19)7-1-12-11-13(2-8-16(12)19)20(24,21(25,26)27)22(28,29)30/h2-6,8,11,17-18H,1,7,9-10,31H2/t17-,18-,19+/m0/s1. The zero-order chi connectivity index (χ0) is 25.3. The van der Waals surface area contributed by atoms with E-state index in [1.807, 2.05) is 0 Å². The SMILES string of the molecule is N[C@H]1CC[C@@]2(S(=O)(=O)c3ccc(F)cc3)c3ccc(C(F)(C(F)(F)F)C(F)(F)F)cc3CC[C@@H]12. The molecular weight excluding hydrogens is 494 g/mol. The van der Waals surface area contributed by atoms with Crippen molar-refractivity contribution in [2.75, 3.05) is 0 Å². The van der Waals surface area contributed by atoms with Gasteiger partial charge in [-0.25, -0.2) is 17.2 Å². The molecule has 2 aromatic rings. The maximum atomic E-state index is 14.6. The van der Waals surface area contributed by atoms with Crippen molar-refractivity contribution >= 4 is 9.84 Å². The Kier molecular flexibility index (Phi) is 5.60. The van der Waals surface area contributed by atoms with Crippen LogP contribution in [0.3, 0.4) is 0 Å². The second-order valence-electron chi connectivity index (χ2n) is 8.72. The van der Waals surface area contributed by atoms with E-state index in [1.54, 1.807) is 0 Å². The monoisotopic (exact) mass is 513 g/mol. The lowest BCUT2D eigenvalue weighted by Gasteiger charge is -2.42. The van der Waals surface area contributed by atoms with Gasteiger partial charge in [0.1, 0.15) is 10.6 Å². The van der Waals surface area contributed by atoms with Crippen LogP contribution in [0.4, 0.5) is 35.1 Å². The molecule has 0 aromatic heterocycles. The second-order valence-corrected chi connectivity index (χ2v) is 10.9. The van der Waals surface area contributed by atoms with Gasteiger partial charge in [0.15, 0.2) is 9.84 Å². The lowest BCUT2D eigenvalue weighted by Crippen LogP contribution is -2.51. The van der Waals surface area contributed by atoms with E-state index in [2.05, 4.69) is 0 Å². The van der Waals surface area contributed by atoms with E-state index in [0.717, 1.165) is 30.3 Å². The van der Waals surface area contributed by atoms with Crippen LogP contribution in [0.1, 0.15) is 36.0 Å². The van der Waals surface area contributed by atoms with E-state index in [-0.39, 0.29) is 41.7 Å². The first-order valence-electron chi connectivity index (χ1n) is 10.3. The molecule has 4 rings (SSSR count). The molecule has 3 nitrogen and oxygen atoms in total. The average molecular weight is 513 g/mol. The van der Waals surface area contributed by atoms with Crippen LogP contribution in [0, 0.1) is 11.7 Å². The van der Waals surface area contributed by atoms with Crippen molar-refractivity contribution in [3.05, 3.63) is 65.0 Å². The van der Waals surface area contributed by atoms with E-state index >= 15 is 0 Å². The van der Waals surface area contributed by atoms with Gasteiger partial charge in [0.25, 0.3) is 0 Å². The fraction of sp³-hybridized carbons (Fsp3) is 0.455. The smallest absolute Gasteiger partial charge is 0.327 e. The average Bonchev–Trinajstić information content (AvgIpc) is 3.10. The molecule has 12 heteroatoms. The first kappa shape index (κ1) is 24.9. The summed E-state index contributed by atoms with van der Waals surface area (Å²) < 4.78 is 133. The van der Waals surface area contributed by atoms with Gasteiger partial charge in [-0.1, -0.05) is 18.2 Å². The van der Waals surface area contributed by atoms with Gasteiger partial charge < -0.3 is 5.73 Å². The summed E-state index contributed by atoms with van der Waals surface area (Å²) in [7, 11) is -4.31. The largest absolute Gasteiger partial charge is 0.435 e. The highest BCUT2D eigenvalue weighted by molar-refractivity contribution is 7.92. The third-order valence-corrected chi connectivity index (χ3v) is 9.61. The second kappa shape index (κ2) is 7.64. The Labute approximate surface area is 189 Å². The number of halogens is 8. The molecule has 186 valence electrons. The van der Waals surface area contributed by atoms with Crippen molar-refractivity contribution in [3.8, 4) is 0 Å².